The fourth-order valence-corrected chi connectivity index (χ4v) is 6.54. The second-order valence-corrected chi connectivity index (χ2v) is 15.1. The van der Waals surface area contributed by atoms with Gasteiger partial charge in [0.1, 0.15) is 13.2 Å². The molecule has 0 saturated carbocycles. The van der Waals surface area contributed by atoms with E-state index in [1.165, 1.54) is 154 Å². The number of hydrogen-bond donors (Lipinski definition) is 1. The molecule has 0 aromatic rings. The molecule has 0 aromatic carbocycles. The van der Waals surface area contributed by atoms with Gasteiger partial charge in [-0.05, 0) is 19.3 Å². The van der Waals surface area contributed by atoms with Gasteiger partial charge in [-0.2, -0.15) is 0 Å². The maximum absolute atomic E-state index is 12.6. The quantitative estimate of drug-likeness (QED) is 0.0374. The molecule has 0 aliphatic rings. The number of hydrogen-bond acceptors (Lipinski definition) is 7. The van der Waals surface area contributed by atoms with Crippen molar-refractivity contribution in [3.63, 3.8) is 0 Å². The van der Waals surface area contributed by atoms with Gasteiger partial charge in [0.15, 0.2) is 6.10 Å². The molecule has 0 amide bonds. The van der Waals surface area contributed by atoms with E-state index in [-0.39, 0.29) is 50.8 Å². The lowest BCUT2D eigenvalue weighted by atomic mass is 10.0. The number of rotatable bonds is 41. The van der Waals surface area contributed by atoms with Gasteiger partial charge < -0.3 is 19.3 Å². The molecule has 0 aliphatic carbocycles. The van der Waals surface area contributed by atoms with E-state index in [9.17, 15) is 19.2 Å². The van der Waals surface area contributed by atoms with Crippen LogP contribution in [-0.2, 0) is 33.4 Å². The van der Waals surface area contributed by atoms with Crippen molar-refractivity contribution in [3.05, 3.63) is 0 Å². The number of aliphatic carboxylic acids is 1. The Labute approximate surface area is 319 Å². The molecule has 1 unspecified atom stereocenters. The van der Waals surface area contributed by atoms with Crippen molar-refractivity contribution in [2.45, 2.75) is 245 Å². The summed E-state index contributed by atoms with van der Waals surface area (Å²) >= 11 is 0. The molecular formula is C44H82O8. The van der Waals surface area contributed by atoms with E-state index < -0.39 is 18.0 Å². The van der Waals surface area contributed by atoms with Crippen LogP contribution in [0.3, 0.4) is 0 Å². The zero-order valence-corrected chi connectivity index (χ0v) is 34.0. The van der Waals surface area contributed by atoms with Crippen molar-refractivity contribution in [2.75, 3.05) is 13.2 Å². The normalized spacial score (nSPS) is 11.7. The summed E-state index contributed by atoms with van der Waals surface area (Å²) in [5.74, 6) is -2.26. The lowest BCUT2D eigenvalue weighted by molar-refractivity contribution is -0.167. The molecule has 0 heterocycles. The summed E-state index contributed by atoms with van der Waals surface area (Å²) in [6.45, 7) is 4.14. The second-order valence-electron chi connectivity index (χ2n) is 15.1. The van der Waals surface area contributed by atoms with E-state index in [1.54, 1.807) is 0 Å². The van der Waals surface area contributed by atoms with Crippen molar-refractivity contribution in [1.29, 1.82) is 0 Å². The van der Waals surface area contributed by atoms with Crippen LogP contribution in [0, 0.1) is 0 Å². The van der Waals surface area contributed by atoms with Crippen LogP contribution >= 0.6 is 0 Å². The summed E-state index contributed by atoms with van der Waals surface area (Å²) in [6.07, 6.45) is 37.3. The molecule has 306 valence electrons. The van der Waals surface area contributed by atoms with Gasteiger partial charge in [0.2, 0.25) is 0 Å². The highest BCUT2D eigenvalue weighted by Gasteiger charge is 2.19. The highest BCUT2D eigenvalue weighted by molar-refractivity contribution is 5.72. The van der Waals surface area contributed by atoms with Gasteiger partial charge in [-0.25, -0.2) is 0 Å². The number of unbranched alkanes of at least 4 members (excludes halogenated alkanes) is 28. The summed E-state index contributed by atoms with van der Waals surface area (Å²) in [4.78, 5) is 47.8. The molecule has 0 bridgehead atoms. The van der Waals surface area contributed by atoms with Crippen LogP contribution < -0.4 is 0 Å². The van der Waals surface area contributed by atoms with Gasteiger partial charge in [0.25, 0.3) is 0 Å². The molecule has 0 spiro atoms. The number of carboxylic acids is 1. The Morgan fingerprint density at radius 3 is 0.942 bits per heavy atom. The first-order valence-corrected chi connectivity index (χ1v) is 22.1. The van der Waals surface area contributed by atoms with Gasteiger partial charge >= 0.3 is 23.9 Å². The fraction of sp³-hybridized carbons (Fsp3) is 0.909. The molecule has 0 fully saturated rings. The number of esters is 3. The first-order chi connectivity index (χ1) is 25.4. The van der Waals surface area contributed by atoms with Crippen LogP contribution in [-0.4, -0.2) is 48.3 Å². The van der Waals surface area contributed by atoms with Crippen LogP contribution in [0.2, 0.25) is 0 Å². The largest absolute Gasteiger partial charge is 0.481 e. The fourth-order valence-electron chi connectivity index (χ4n) is 6.54. The molecule has 52 heavy (non-hydrogen) atoms. The van der Waals surface area contributed by atoms with Gasteiger partial charge in [-0.1, -0.05) is 194 Å². The average Bonchev–Trinajstić information content (AvgIpc) is 3.12. The van der Waals surface area contributed by atoms with Crippen LogP contribution in [0.5, 0.6) is 0 Å². The predicted octanol–water partition coefficient (Wildman–Crippen LogP) is 12.8. The smallest absolute Gasteiger partial charge is 0.306 e. The molecular weight excluding hydrogens is 656 g/mol. The van der Waals surface area contributed by atoms with Crippen LogP contribution in [0.4, 0.5) is 0 Å². The molecule has 0 radical (unpaired) electrons. The number of carbonyl (C=O) groups excluding carboxylic acids is 3. The van der Waals surface area contributed by atoms with Gasteiger partial charge in [-0.15, -0.1) is 0 Å². The van der Waals surface area contributed by atoms with Crippen molar-refractivity contribution in [1.82, 2.24) is 0 Å². The lowest BCUT2D eigenvalue weighted by Crippen LogP contribution is -2.30. The van der Waals surface area contributed by atoms with E-state index in [0.717, 1.165) is 38.5 Å². The van der Waals surface area contributed by atoms with E-state index in [1.807, 2.05) is 0 Å². The Bertz CT molecular complexity index is 829. The Morgan fingerprint density at radius 1 is 0.365 bits per heavy atom. The molecule has 1 atom stereocenters. The third-order valence-electron chi connectivity index (χ3n) is 9.90. The number of carbonyl (C=O) groups is 4. The van der Waals surface area contributed by atoms with Gasteiger partial charge in [0, 0.05) is 25.7 Å². The Balaban J connectivity index is 4.13. The maximum Gasteiger partial charge on any atom is 0.306 e. The molecule has 8 nitrogen and oxygen atoms in total. The minimum absolute atomic E-state index is 0.0366. The summed E-state index contributed by atoms with van der Waals surface area (Å²) in [7, 11) is 0. The first-order valence-electron chi connectivity index (χ1n) is 22.1. The monoisotopic (exact) mass is 739 g/mol. The van der Waals surface area contributed by atoms with Crippen molar-refractivity contribution in [3.8, 4) is 0 Å². The molecule has 0 aromatic heterocycles. The standard InChI is InChI=1S/C44H82O8/c1-3-5-7-9-11-13-15-17-19-21-23-25-27-29-31-35-42(47)50-38-40(39-51-43(48)37-33-34-41(45)46)52-44(49)36-32-30-28-26-24-22-20-18-16-14-12-10-8-6-4-2/h40H,3-39H2,1-2H3,(H,45,46). The highest BCUT2D eigenvalue weighted by Crippen LogP contribution is 2.16. The van der Waals surface area contributed by atoms with Crippen molar-refractivity contribution in [2.24, 2.45) is 0 Å². The molecule has 1 N–H and O–H groups in total. The maximum atomic E-state index is 12.6. The van der Waals surface area contributed by atoms with E-state index >= 15 is 0 Å². The predicted molar refractivity (Wildman–Crippen MR) is 212 cm³/mol. The minimum Gasteiger partial charge on any atom is -0.481 e. The summed E-state index contributed by atoms with van der Waals surface area (Å²) in [5.41, 5.74) is 0. The summed E-state index contributed by atoms with van der Waals surface area (Å²) in [6, 6.07) is 0. The third-order valence-corrected chi connectivity index (χ3v) is 9.90. The Hall–Kier alpha value is -2.12. The summed E-state index contributed by atoms with van der Waals surface area (Å²) in [5, 5.41) is 8.80. The SMILES string of the molecule is CCCCCCCCCCCCCCCCCC(=O)OCC(COC(=O)CCCC(=O)O)OC(=O)CCCCCCCCCCCCCCCCC. The highest BCUT2D eigenvalue weighted by atomic mass is 16.6. The Kier molecular flexibility index (Phi) is 38.4. The Morgan fingerprint density at radius 2 is 0.635 bits per heavy atom. The van der Waals surface area contributed by atoms with Crippen LogP contribution in [0.1, 0.15) is 239 Å². The van der Waals surface area contributed by atoms with E-state index in [0.29, 0.717) is 6.42 Å². The zero-order valence-electron chi connectivity index (χ0n) is 34.0. The topological polar surface area (TPSA) is 116 Å². The first kappa shape index (κ1) is 49.9. The van der Waals surface area contributed by atoms with E-state index in [4.69, 9.17) is 19.3 Å². The zero-order chi connectivity index (χ0) is 38.2. The molecule has 8 heteroatoms. The molecule has 0 saturated heterocycles. The van der Waals surface area contributed by atoms with Crippen molar-refractivity contribution < 1.29 is 38.5 Å². The van der Waals surface area contributed by atoms with E-state index in [2.05, 4.69) is 13.8 Å². The summed E-state index contributed by atoms with van der Waals surface area (Å²) < 4.78 is 16.2. The number of ether oxygens (including phenoxy) is 3. The third kappa shape index (κ3) is 39.1. The molecule has 0 rings (SSSR count). The average molecular weight is 739 g/mol. The van der Waals surface area contributed by atoms with Crippen molar-refractivity contribution >= 4 is 23.9 Å². The molecule has 0 aliphatic heterocycles. The van der Waals surface area contributed by atoms with Gasteiger partial charge in [0.05, 0.1) is 0 Å². The second kappa shape index (κ2) is 40.1. The van der Waals surface area contributed by atoms with Gasteiger partial charge in [-0.3, -0.25) is 19.2 Å². The lowest BCUT2D eigenvalue weighted by Gasteiger charge is -2.18. The van der Waals surface area contributed by atoms with Crippen LogP contribution in [0.25, 0.3) is 0 Å². The van der Waals surface area contributed by atoms with Crippen LogP contribution in [0.15, 0.2) is 0 Å². The minimum atomic E-state index is -0.973. The number of carboxylic acid groups (broad SMARTS) is 1.